The summed E-state index contributed by atoms with van der Waals surface area (Å²) < 4.78 is 1.85. The molecule has 1 atom stereocenters. The largest absolute Gasteiger partial charge is 0.352 e. The van der Waals surface area contributed by atoms with Crippen molar-refractivity contribution >= 4 is 29.3 Å². The van der Waals surface area contributed by atoms with Crippen molar-refractivity contribution in [3.05, 3.63) is 36.0 Å². The van der Waals surface area contributed by atoms with Crippen LogP contribution in [0.15, 0.2) is 35.4 Å². The fraction of sp³-hybridized carbons (Fsp3) is 0.389. The first-order chi connectivity index (χ1) is 12.0. The van der Waals surface area contributed by atoms with Gasteiger partial charge in [0.1, 0.15) is 11.6 Å². The number of aryl methyl sites for hydroxylation is 1. The molecule has 0 fully saturated rings. The number of carbonyl (C=O) groups is 2. The van der Waals surface area contributed by atoms with Crippen molar-refractivity contribution in [2.24, 2.45) is 0 Å². The molecule has 2 aromatic rings. The molecule has 1 aliphatic heterocycles. The SMILES string of the molecule is CCC(C)NC(=O)CN1C(=O)CSc2c1c(C)nn2-c1ccccc1. The second-order valence-electron chi connectivity index (χ2n) is 6.13. The lowest BCUT2D eigenvalue weighted by Gasteiger charge is -2.27. The van der Waals surface area contributed by atoms with Crippen molar-refractivity contribution in [2.75, 3.05) is 17.2 Å². The Kier molecular flexibility index (Phi) is 5.13. The smallest absolute Gasteiger partial charge is 0.240 e. The van der Waals surface area contributed by atoms with Gasteiger partial charge in [-0.1, -0.05) is 36.9 Å². The van der Waals surface area contributed by atoms with Gasteiger partial charge in [-0.3, -0.25) is 14.5 Å². The molecule has 132 valence electrons. The zero-order valence-electron chi connectivity index (χ0n) is 14.7. The number of nitrogens with zero attached hydrogens (tertiary/aromatic N) is 3. The van der Waals surface area contributed by atoms with E-state index >= 15 is 0 Å². The van der Waals surface area contributed by atoms with Crippen LogP contribution in [0.25, 0.3) is 5.69 Å². The van der Waals surface area contributed by atoms with E-state index in [0.29, 0.717) is 5.75 Å². The van der Waals surface area contributed by atoms with Gasteiger partial charge < -0.3 is 5.32 Å². The Bertz CT molecular complexity index is 788. The molecular formula is C18H22N4O2S. The van der Waals surface area contributed by atoms with Gasteiger partial charge in [0.15, 0.2) is 0 Å². The molecule has 2 heterocycles. The van der Waals surface area contributed by atoms with Crippen LogP contribution in [0.5, 0.6) is 0 Å². The van der Waals surface area contributed by atoms with Gasteiger partial charge in [-0.15, -0.1) is 0 Å². The molecule has 1 aromatic heterocycles. The fourth-order valence-corrected chi connectivity index (χ4v) is 3.83. The summed E-state index contributed by atoms with van der Waals surface area (Å²) in [5.41, 5.74) is 2.43. The average Bonchev–Trinajstić information content (AvgIpc) is 2.95. The molecule has 0 saturated heterocycles. The van der Waals surface area contributed by atoms with Crippen LogP contribution in [0.2, 0.25) is 0 Å². The van der Waals surface area contributed by atoms with Gasteiger partial charge in [0.2, 0.25) is 11.8 Å². The normalized spacial score (nSPS) is 15.0. The predicted molar refractivity (Wildman–Crippen MR) is 99.3 cm³/mol. The Labute approximate surface area is 151 Å². The van der Waals surface area contributed by atoms with Gasteiger partial charge in [-0.05, 0) is 32.4 Å². The summed E-state index contributed by atoms with van der Waals surface area (Å²) in [6, 6.07) is 9.90. The Morgan fingerprint density at radius 2 is 2.08 bits per heavy atom. The monoisotopic (exact) mass is 358 g/mol. The van der Waals surface area contributed by atoms with Crippen LogP contribution in [0.4, 0.5) is 5.69 Å². The number of hydrogen-bond donors (Lipinski definition) is 1. The number of benzene rings is 1. The summed E-state index contributed by atoms with van der Waals surface area (Å²) in [5, 5.41) is 8.42. The second-order valence-corrected chi connectivity index (χ2v) is 7.10. The Balaban J connectivity index is 1.92. The maximum absolute atomic E-state index is 12.4. The second kappa shape index (κ2) is 7.31. The standard InChI is InChI=1S/C18H22N4O2S/c1-4-12(2)19-15(23)10-21-16(24)11-25-18-17(21)13(3)20-22(18)14-8-6-5-7-9-14/h5-9,12H,4,10-11H2,1-3H3,(H,19,23). The number of para-hydroxylation sites is 1. The third-order valence-corrected chi connectivity index (χ3v) is 5.24. The zero-order chi connectivity index (χ0) is 18.0. The van der Waals surface area contributed by atoms with E-state index in [0.717, 1.165) is 28.5 Å². The van der Waals surface area contributed by atoms with E-state index in [4.69, 9.17) is 0 Å². The molecule has 3 rings (SSSR count). The molecule has 6 nitrogen and oxygen atoms in total. The molecule has 0 bridgehead atoms. The highest BCUT2D eigenvalue weighted by molar-refractivity contribution is 8.00. The third-order valence-electron chi connectivity index (χ3n) is 4.21. The molecule has 0 radical (unpaired) electrons. The molecular weight excluding hydrogens is 336 g/mol. The number of amides is 2. The van der Waals surface area contributed by atoms with Crippen molar-refractivity contribution in [2.45, 2.75) is 38.3 Å². The van der Waals surface area contributed by atoms with Crippen LogP contribution in [0, 0.1) is 6.92 Å². The molecule has 25 heavy (non-hydrogen) atoms. The van der Waals surface area contributed by atoms with Gasteiger partial charge in [-0.2, -0.15) is 5.10 Å². The molecule has 0 aliphatic carbocycles. The molecule has 1 aliphatic rings. The first kappa shape index (κ1) is 17.5. The number of hydrogen-bond acceptors (Lipinski definition) is 4. The van der Waals surface area contributed by atoms with Crippen molar-refractivity contribution < 1.29 is 9.59 Å². The van der Waals surface area contributed by atoms with Crippen molar-refractivity contribution in [3.63, 3.8) is 0 Å². The van der Waals surface area contributed by atoms with E-state index in [1.54, 1.807) is 4.90 Å². The minimum Gasteiger partial charge on any atom is -0.352 e. The predicted octanol–water partition coefficient (Wildman–Crippen LogP) is 2.53. The van der Waals surface area contributed by atoms with E-state index in [9.17, 15) is 9.59 Å². The number of thioether (sulfide) groups is 1. The maximum atomic E-state index is 12.4. The topological polar surface area (TPSA) is 67.2 Å². The molecule has 1 unspecified atom stereocenters. The minimum atomic E-state index is -0.146. The lowest BCUT2D eigenvalue weighted by atomic mass is 10.2. The van der Waals surface area contributed by atoms with Crippen molar-refractivity contribution in [1.82, 2.24) is 15.1 Å². The fourth-order valence-electron chi connectivity index (χ4n) is 2.75. The van der Waals surface area contributed by atoms with Crippen molar-refractivity contribution in [3.8, 4) is 5.69 Å². The minimum absolute atomic E-state index is 0.0258. The number of nitrogens with one attached hydrogen (secondary N) is 1. The van der Waals surface area contributed by atoms with Crippen LogP contribution in [-0.4, -0.2) is 39.9 Å². The Morgan fingerprint density at radius 3 is 2.76 bits per heavy atom. The Morgan fingerprint density at radius 1 is 1.36 bits per heavy atom. The first-order valence-corrected chi connectivity index (χ1v) is 9.37. The van der Waals surface area contributed by atoms with Gasteiger partial charge >= 0.3 is 0 Å². The lowest BCUT2D eigenvalue weighted by molar-refractivity contribution is -0.123. The van der Waals surface area contributed by atoms with Crippen LogP contribution >= 0.6 is 11.8 Å². The van der Waals surface area contributed by atoms with Gasteiger partial charge in [0.05, 0.1) is 22.8 Å². The van der Waals surface area contributed by atoms with Crippen molar-refractivity contribution in [1.29, 1.82) is 0 Å². The van der Waals surface area contributed by atoms with Crippen LogP contribution in [0.1, 0.15) is 26.0 Å². The summed E-state index contributed by atoms with van der Waals surface area (Å²) in [5.74, 6) is 0.0987. The quantitative estimate of drug-likeness (QED) is 0.892. The highest BCUT2D eigenvalue weighted by Crippen LogP contribution is 2.39. The van der Waals surface area contributed by atoms with Crippen LogP contribution in [-0.2, 0) is 9.59 Å². The highest BCUT2D eigenvalue weighted by Gasteiger charge is 2.32. The summed E-state index contributed by atoms with van der Waals surface area (Å²) in [4.78, 5) is 26.3. The van der Waals surface area contributed by atoms with E-state index in [1.807, 2.05) is 55.8 Å². The molecule has 0 saturated carbocycles. The summed E-state index contributed by atoms with van der Waals surface area (Å²) in [6.07, 6.45) is 0.853. The van der Waals surface area contributed by atoms with E-state index in [-0.39, 0.29) is 24.4 Å². The number of anilines is 1. The van der Waals surface area contributed by atoms with E-state index in [2.05, 4.69) is 10.4 Å². The summed E-state index contributed by atoms with van der Waals surface area (Å²) >= 11 is 1.47. The summed E-state index contributed by atoms with van der Waals surface area (Å²) in [6.45, 7) is 5.87. The molecule has 1 N–H and O–H groups in total. The zero-order valence-corrected chi connectivity index (χ0v) is 15.5. The van der Waals surface area contributed by atoms with E-state index in [1.165, 1.54) is 11.8 Å². The molecule has 1 aromatic carbocycles. The van der Waals surface area contributed by atoms with Gasteiger partial charge in [-0.25, -0.2) is 4.68 Å². The third kappa shape index (κ3) is 3.56. The molecule has 0 spiro atoms. The number of rotatable bonds is 5. The van der Waals surface area contributed by atoms with Crippen LogP contribution < -0.4 is 10.2 Å². The van der Waals surface area contributed by atoms with Gasteiger partial charge in [0, 0.05) is 6.04 Å². The summed E-state index contributed by atoms with van der Waals surface area (Å²) in [7, 11) is 0. The number of carbonyl (C=O) groups excluding carboxylic acids is 2. The molecule has 7 heteroatoms. The average molecular weight is 358 g/mol. The lowest BCUT2D eigenvalue weighted by Crippen LogP contribution is -2.45. The Hall–Kier alpha value is -2.28. The number of fused-ring (bicyclic) bond motifs is 1. The maximum Gasteiger partial charge on any atom is 0.240 e. The van der Waals surface area contributed by atoms with Gasteiger partial charge in [0.25, 0.3) is 0 Å². The number of aromatic nitrogens is 2. The van der Waals surface area contributed by atoms with E-state index < -0.39 is 0 Å². The first-order valence-electron chi connectivity index (χ1n) is 8.38. The molecule has 2 amide bonds. The highest BCUT2D eigenvalue weighted by atomic mass is 32.2. The van der Waals surface area contributed by atoms with Crippen LogP contribution in [0.3, 0.4) is 0 Å².